The van der Waals surface area contributed by atoms with Gasteiger partial charge in [0.25, 0.3) is 0 Å². The van der Waals surface area contributed by atoms with Crippen molar-refractivity contribution in [3.05, 3.63) is 56.7 Å². The summed E-state index contributed by atoms with van der Waals surface area (Å²) in [6.45, 7) is 3.74. The Hall–Kier alpha value is -1.60. The number of thiophene rings is 1. The molecule has 0 saturated carbocycles. The minimum atomic E-state index is 0.314. The standard InChI is InChI=1S/C21H28ClN3O2S/c1-23-21(25(2)14-19-6-7-20(22)28-19)24-13-16-4-3-5-17(12-16)15-27-18-8-10-26-11-9-18/h3-7,12,18H,8-11,13-15H2,1-2H3,(H,23,24). The first-order valence-electron chi connectivity index (χ1n) is 9.57. The zero-order chi connectivity index (χ0) is 19.8. The number of halogens is 1. The highest BCUT2D eigenvalue weighted by Crippen LogP contribution is 2.22. The fraction of sp³-hybridized carbons (Fsp3) is 0.476. The first kappa shape index (κ1) is 21.1. The molecule has 7 heteroatoms. The molecule has 152 valence electrons. The van der Waals surface area contributed by atoms with Crippen LogP contribution < -0.4 is 5.32 Å². The van der Waals surface area contributed by atoms with Gasteiger partial charge in [-0.25, -0.2) is 0 Å². The lowest BCUT2D eigenvalue weighted by Crippen LogP contribution is -2.37. The number of hydrogen-bond donors (Lipinski definition) is 1. The van der Waals surface area contributed by atoms with Crippen LogP contribution >= 0.6 is 22.9 Å². The van der Waals surface area contributed by atoms with Crippen molar-refractivity contribution in [1.82, 2.24) is 10.2 Å². The smallest absolute Gasteiger partial charge is 0.193 e. The molecule has 0 unspecified atom stereocenters. The van der Waals surface area contributed by atoms with Crippen LogP contribution in [0.3, 0.4) is 0 Å². The summed E-state index contributed by atoms with van der Waals surface area (Å²) >= 11 is 7.62. The van der Waals surface area contributed by atoms with Crippen molar-refractivity contribution in [3.8, 4) is 0 Å². The van der Waals surface area contributed by atoms with E-state index in [1.807, 2.05) is 13.1 Å². The van der Waals surface area contributed by atoms with Crippen molar-refractivity contribution in [2.24, 2.45) is 4.99 Å². The Morgan fingerprint density at radius 1 is 1.29 bits per heavy atom. The van der Waals surface area contributed by atoms with E-state index in [4.69, 9.17) is 21.1 Å². The summed E-state index contributed by atoms with van der Waals surface area (Å²) in [6.07, 6.45) is 2.28. The van der Waals surface area contributed by atoms with Crippen LogP contribution in [-0.4, -0.2) is 44.3 Å². The molecule has 0 radical (unpaired) electrons. The van der Waals surface area contributed by atoms with Crippen LogP contribution in [0.4, 0.5) is 0 Å². The zero-order valence-corrected chi connectivity index (χ0v) is 18.1. The molecule has 0 amide bonds. The van der Waals surface area contributed by atoms with Crippen LogP contribution in [0, 0.1) is 0 Å². The first-order chi connectivity index (χ1) is 13.6. The number of aliphatic imine (C=N–C) groups is 1. The summed E-state index contributed by atoms with van der Waals surface area (Å²) in [5, 5.41) is 3.44. The summed E-state index contributed by atoms with van der Waals surface area (Å²) in [6, 6.07) is 12.5. The fourth-order valence-electron chi connectivity index (χ4n) is 3.20. The lowest BCUT2D eigenvalue weighted by Gasteiger charge is -2.23. The van der Waals surface area contributed by atoms with Gasteiger partial charge in [0.15, 0.2) is 5.96 Å². The third-order valence-corrected chi connectivity index (χ3v) is 5.91. The van der Waals surface area contributed by atoms with E-state index in [1.165, 1.54) is 16.0 Å². The Balaban J connectivity index is 1.49. The third kappa shape index (κ3) is 6.48. The maximum atomic E-state index is 6.04. The van der Waals surface area contributed by atoms with E-state index in [1.54, 1.807) is 18.4 Å². The van der Waals surface area contributed by atoms with Gasteiger partial charge in [0.05, 0.1) is 23.6 Å². The Labute approximate surface area is 176 Å². The highest BCUT2D eigenvalue weighted by atomic mass is 35.5. The molecule has 0 aliphatic carbocycles. The quantitative estimate of drug-likeness (QED) is 0.534. The molecule has 0 spiro atoms. The molecule has 1 aromatic carbocycles. The van der Waals surface area contributed by atoms with Gasteiger partial charge >= 0.3 is 0 Å². The van der Waals surface area contributed by atoms with Gasteiger partial charge in [-0.2, -0.15) is 0 Å². The van der Waals surface area contributed by atoms with Gasteiger partial charge in [0, 0.05) is 38.7 Å². The molecule has 1 aromatic heterocycles. The number of ether oxygens (including phenoxy) is 2. The first-order valence-corrected chi connectivity index (χ1v) is 10.8. The molecule has 5 nitrogen and oxygen atoms in total. The van der Waals surface area contributed by atoms with Crippen LogP contribution in [0.25, 0.3) is 0 Å². The van der Waals surface area contributed by atoms with Gasteiger partial charge < -0.3 is 19.7 Å². The van der Waals surface area contributed by atoms with Crippen molar-refractivity contribution < 1.29 is 9.47 Å². The highest BCUT2D eigenvalue weighted by molar-refractivity contribution is 7.16. The molecule has 1 N–H and O–H groups in total. The van der Waals surface area contributed by atoms with E-state index in [-0.39, 0.29) is 0 Å². The number of guanidine groups is 1. The van der Waals surface area contributed by atoms with Crippen molar-refractivity contribution in [2.45, 2.75) is 38.6 Å². The van der Waals surface area contributed by atoms with Gasteiger partial charge in [-0.05, 0) is 36.1 Å². The van der Waals surface area contributed by atoms with Crippen molar-refractivity contribution in [3.63, 3.8) is 0 Å². The molecular formula is C21H28ClN3O2S. The largest absolute Gasteiger partial charge is 0.381 e. The normalized spacial score (nSPS) is 15.6. The van der Waals surface area contributed by atoms with Gasteiger partial charge in [-0.15, -0.1) is 11.3 Å². The SMILES string of the molecule is CN=C(NCc1cccc(COC2CCOCC2)c1)N(C)Cc1ccc(Cl)s1. The van der Waals surface area contributed by atoms with Gasteiger partial charge in [0.1, 0.15) is 0 Å². The number of rotatable bonds is 7. The van der Waals surface area contributed by atoms with E-state index >= 15 is 0 Å². The summed E-state index contributed by atoms with van der Waals surface area (Å²) in [7, 11) is 3.83. The summed E-state index contributed by atoms with van der Waals surface area (Å²) in [4.78, 5) is 7.70. The third-order valence-electron chi connectivity index (χ3n) is 4.69. The van der Waals surface area contributed by atoms with Crippen molar-refractivity contribution >= 4 is 28.9 Å². The van der Waals surface area contributed by atoms with E-state index in [0.29, 0.717) is 19.3 Å². The van der Waals surface area contributed by atoms with Crippen LogP contribution in [0.15, 0.2) is 41.4 Å². The van der Waals surface area contributed by atoms with Gasteiger partial charge in [-0.1, -0.05) is 35.9 Å². The van der Waals surface area contributed by atoms with Crippen LogP contribution in [-0.2, 0) is 29.2 Å². The Kier molecular flexibility index (Phi) is 8.15. The number of hydrogen-bond acceptors (Lipinski definition) is 4. The van der Waals surface area contributed by atoms with Crippen LogP contribution in [0.1, 0.15) is 28.8 Å². The topological polar surface area (TPSA) is 46.1 Å². The van der Waals surface area contributed by atoms with E-state index in [9.17, 15) is 0 Å². The molecule has 28 heavy (non-hydrogen) atoms. The molecule has 1 saturated heterocycles. The molecular weight excluding hydrogens is 394 g/mol. The lowest BCUT2D eigenvalue weighted by atomic mass is 10.1. The van der Waals surface area contributed by atoms with Gasteiger partial charge in [-0.3, -0.25) is 4.99 Å². The number of nitrogens with one attached hydrogen (secondary N) is 1. The minimum Gasteiger partial charge on any atom is -0.381 e. The molecule has 1 aliphatic heterocycles. The summed E-state index contributed by atoms with van der Waals surface area (Å²) in [5.41, 5.74) is 2.41. The monoisotopic (exact) mass is 421 g/mol. The number of nitrogens with zero attached hydrogens (tertiary/aromatic N) is 2. The maximum Gasteiger partial charge on any atom is 0.193 e. The predicted molar refractivity (Wildman–Crippen MR) is 116 cm³/mol. The summed E-state index contributed by atoms with van der Waals surface area (Å²) in [5.74, 6) is 0.855. The maximum absolute atomic E-state index is 6.04. The summed E-state index contributed by atoms with van der Waals surface area (Å²) < 4.78 is 12.2. The molecule has 3 rings (SSSR count). The molecule has 0 bridgehead atoms. The van der Waals surface area contributed by atoms with Crippen LogP contribution in [0.2, 0.25) is 4.34 Å². The molecule has 0 atom stereocenters. The average Bonchev–Trinajstić information content (AvgIpc) is 3.12. The Morgan fingerprint density at radius 3 is 2.79 bits per heavy atom. The second-order valence-corrected chi connectivity index (χ2v) is 8.70. The Bertz CT molecular complexity index is 775. The second-order valence-electron chi connectivity index (χ2n) is 6.91. The molecule has 1 fully saturated rings. The van der Waals surface area contributed by atoms with E-state index in [2.05, 4.69) is 45.5 Å². The van der Waals surface area contributed by atoms with E-state index < -0.39 is 0 Å². The lowest BCUT2D eigenvalue weighted by molar-refractivity contribution is -0.0390. The second kappa shape index (κ2) is 10.8. The molecule has 2 aromatic rings. The minimum absolute atomic E-state index is 0.314. The van der Waals surface area contributed by atoms with E-state index in [0.717, 1.165) is 42.9 Å². The predicted octanol–water partition coefficient (Wildman–Crippen LogP) is 4.30. The Morgan fingerprint density at radius 2 is 2.07 bits per heavy atom. The van der Waals surface area contributed by atoms with Crippen molar-refractivity contribution in [2.75, 3.05) is 27.3 Å². The average molecular weight is 422 g/mol. The molecule has 2 heterocycles. The van der Waals surface area contributed by atoms with Gasteiger partial charge in [0.2, 0.25) is 0 Å². The number of benzene rings is 1. The van der Waals surface area contributed by atoms with Crippen molar-refractivity contribution in [1.29, 1.82) is 0 Å². The zero-order valence-electron chi connectivity index (χ0n) is 16.5. The molecule has 1 aliphatic rings. The highest BCUT2D eigenvalue weighted by Gasteiger charge is 2.14. The fourth-order valence-corrected chi connectivity index (χ4v) is 4.34. The van der Waals surface area contributed by atoms with Crippen LogP contribution in [0.5, 0.6) is 0 Å².